The predicted molar refractivity (Wildman–Crippen MR) is 141 cm³/mol. The Morgan fingerprint density at radius 2 is 1.87 bits per heavy atom. The molecule has 0 saturated heterocycles. The molecule has 0 aliphatic carbocycles. The van der Waals surface area contributed by atoms with Crippen LogP contribution in [0.4, 0.5) is 8.78 Å². The number of benzene rings is 2. The van der Waals surface area contributed by atoms with Gasteiger partial charge in [-0.2, -0.15) is 0 Å². The van der Waals surface area contributed by atoms with E-state index in [0.717, 1.165) is 0 Å². The normalized spacial score (nSPS) is 17.6. The van der Waals surface area contributed by atoms with Gasteiger partial charge in [-0.1, -0.05) is 30.9 Å². The number of carbonyl (C=O) groups is 2. The molecule has 39 heavy (non-hydrogen) atoms. The maximum Gasteiger partial charge on any atom is 0.259 e. The zero-order valence-corrected chi connectivity index (χ0v) is 21.9. The molecule has 0 spiro atoms. The molecule has 9 heteroatoms. The van der Waals surface area contributed by atoms with Gasteiger partial charge in [0, 0.05) is 36.8 Å². The van der Waals surface area contributed by atoms with Gasteiger partial charge >= 0.3 is 0 Å². The van der Waals surface area contributed by atoms with Gasteiger partial charge in [0.1, 0.15) is 23.3 Å². The molecule has 2 amide bonds. The summed E-state index contributed by atoms with van der Waals surface area (Å²) in [5.41, 5.74) is 1.16. The molecule has 0 saturated carbocycles. The largest absolute Gasteiger partial charge is 0.472 e. The number of halogens is 2. The van der Waals surface area contributed by atoms with Gasteiger partial charge in [-0.25, -0.2) is 13.8 Å². The molecule has 1 aliphatic heterocycles. The molecule has 3 atom stereocenters. The number of hydrogen-bond donors (Lipinski definition) is 1. The van der Waals surface area contributed by atoms with Gasteiger partial charge in [0.25, 0.3) is 11.8 Å². The number of nitrogens with zero attached hydrogens (tertiary/aromatic N) is 3. The highest BCUT2D eigenvalue weighted by Crippen LogP contribution is 2.27. The summed E-state index contributed by atoms with van der Waals surface area (Å²) in [7, 11) is 1.56. The number of carbonyl (C=O) groups excluding carboxylic acids is 2. The van der Waals surface area contributed by atoms with Crippen LogP contribution >= 0.6 is 0 Å². The summed E-state index contributed by atoms with van der Waals surface area (Å²) in [5, 5.41) is 9.84. The van der Waals surface area contributed by atoms with E-state index < -0.39 is 23.9 Å². The van der Waals surface area contributed by atoms with Crippen molar-refractivity contribution in [3.63, 3.8) is 0 Å². The zero-order chi connectivity index (χ0) is 28.1. The second kappa shape index (κ2) is 12.0. The van der Waals surface area contributed by atoms with Crippen LogP contribution in [0.25, 0.3) is 0 Å². The lowest BCUT2D eigenvalue weighted by molar-refractivity contribution is 0.0312. The Kier molecular flexibility index (Phi) is 8.57. The maximum atomic E-state index is 14.2. The molecule has 4 rings (SSSR count). The Hall–Kier alpha value is -4.29. The monoisotopic (exact) mass is 533 g/mol. The number of amides is 2. The molecule has 202 valence electrons. The first-order chi connectivity index (χ1) is 18.7. The van der Waals surface area contributed by atoms with Gasteiger partial charge in [0.05, 0.1) is 24.8 Å². The van der Waals surface area contributed by atoms with E-state index in [1.54, 1.807) is 43.1 Å². The van der Waals surface area contributed by atoms with E-state index in [2.05, 4.69) is 16.8 Å². The SMILES string of the molecule is C[C@@H]1CN([C@@H](C)CO)C(=O)c2cc(C#Cc3ccc(F)cc3)cnc2O[C@@H]1CN(C)C(=O)c1ccccc1F. The van der Waals surface area contributed by atoms with Gasteiger partial charge in [0.2, 0.25) is 5.88 Å². The molecule has 7 nitrogen and oxygen atoms in total. The van der Waals surface area contributed by atoms with Crippen molar-refractivity contribution >= 4 is 11.8 Å². The fourth-order valence-corrected chi connectivity index (χ4v) is 4.26. The van der Waals surface area contributed by atoms with E-state index in [1.165, 1.54) is 41.4 Å². The van der Waals surface area contributed by atoms with Crippen LogP contribution in [-0.4, -0.2) is 70.6 Å². The molecule has 0 unspecified atom stereocenters. The van der Waals surface area contributed by atoms with Gasteiger partial charge in [0.15, 0.2) is 0 Å². The zero-order valence-electron chi connectivity index (χ0n) is 21.9. The van der Waals surface area contributed by atoms with Gasteiger partial charge < -0.3 is 19.6 Å². The van der Waals surface area contributed by atoms with Crippen LogP contribution in [0.2, 0.25) is 0 Å². The topological polar surface area (TPSA) is 83.0 Å². The fourth-order valence-electron chi connectivity index (χ4n) is 4.26. The van der Waals surface area contributed by atoms with Crippen molar-refractivity contribution in [1.82, 2.24) is 14.8 Å². The lowest BCUT2D eigenvalue weighted by atomic mass is 9.99. The highest BCUT2D eigenvalue weighted by Gasteiger charge is 2.35. The predicted octanol–water partition coefficient (Wildman–Crippen LogP) is 3.75. The minimum atomic E-state index is -0.615. The van der Waals surface area contributed by atoms with Crippen LogP contribution in [0.5, 0.6) is 5.88 Å². The molecule has 2 heterocycles. The quantitative estimate of drug-likeness (QED) is 0.506. The second-order valence-electron chi connectivity index (χ2n) is 9.62. The minimum absolute atomic E-state index is 0.0490. The number of hydrogen-bond acceptors (Lipinski definition) is 5. The van der Waals surface area contributed by atoms with Crippen LogP contribution in [-0.2, 0) is 0 Å². The van der Waals surface area contributed by atoms with Crippen molar-refractivity contribution in [2.24, 2.45) is 5.92 Å². The molecule has 1 aromatic heterocycles. The Labute approximate surface area is 226 Å². The van der Waals surface area contributed by atoms with Crippen molar-refractivity contribution in [2.45, 2.75) is 26.0 Å². The van der Waals surface area contributed by atoms with E-state index in [1.807, 2.05) is 6.92 Å². The fraction of sp³-hybridized carbons (Fsp3) is 0.300. The number of rotatable bonds is 5. The van der Waals surface area contributed by atoms with E-state index in [4.69, 9.17) is 4.74 Å². The lowest BCUT2D eigenvalue weighted by Crippen LogP contribution is -2.50. The summed E-state index contributed by atoms with van der Waals surface area (Å²) in [6.45, 7) is 3.72. The molecule has 0 radical (unpaired) electrons. The van der Waals surface area contributed by atoms with E-state index in [0.29, 0.717) is 11.1 Å². The summed E-state index contributed by atoms with van der Waals surface area (Å²) in [4.78, 5) is 33.8. The smallest absolute Gasteiger partial charge is 0.259 e. The van der Waals surface area contributed by atoms with Crippen LogP contribution in [0.1, 0.15) is 45.7 Å². The number of pyridine rings is 1. The molecule has 0 bridgehead atoms. The number of likely N-dealkylation sites (N-methyl/N-ethyl adjacent to an activating group) is 1. The molecular formula is C30H29F2N3O4. The Morgan fingerprint density at radius 3 is 2.56 bits per heavy atom. The van der Waals surface area contributed by atoms with Crippen LogP contribution in [0.3, 0.4) is 0 Å². The number of aliphatic hydroxyl groups is 1. The molecule has 3 aromatic rings. The van der Waals surface area contributed by atoms with Crippen LogP contribution in [0, 0.1) is 29.4 Å². The van der Waals surface area contributed by atoms with Gasteiger partial charge in [-0.3, -0.25) is 9.59 Å². The summed E-state index contributed by atoms with van der Waals surface area (Å²) in [6.07, 6.45) is 0.884. The van der Waals surface area contributed by atoms with Crippen molar-refractivity contribution in [1.29, 1.82) is 0 Å². The second-order valence-corrected chi connectivity index (χ2v) is 9.62. The van der Waals surface area contributed by atoms with Crippen LogP contribution in [0.15, 0.2) is 60.8 Å². The summed E-state index contributed by atoms with van der Waals surface area (Å²) < 4.78 is 33.6. The van der Waals surface area contributed by atoms with Crippen LogP contribution < -0.4 is 4.74 Å². The summed E-state index contributed by atoms with van der Waals surface area (Å²) >= 11 is 0. The molecule has 0 fully saturated rings. The summed E-state index contributed by atoms with van der Waals surface area (Å²) in [6, 6.07) is 12.6. The molecule has 1 aliphatic rings. The average Bonchev–Trinajstić information content (AvgIpc) is 2.94. The van der Waals surface area contributed by atoms with Crippen molar-refractivity contribution < 1.29 is 28.2 Å². The molecule has 2 aromatic carbocycles. The van der Waals surface area contributed by atoms with E-state index >= 15 is 0 Å². The molecule has 1 N–H and O–H groups in total. The average molecular weight is 534 g/mol. The lowest BCUT2D eigenvalue weighted by Gasteiger charge is -2.37. The van der Waals surface area contributed by atoms with Crippen molar-refractivity contribution in [3.05, 3.63) is 94.7 Å². The highest BCUT2D eigenvalue weighted by molar-refractivity contribution is 5.97. The first kappa shape index (κ1) is 27.7. The number of aromatic nitrogens is 1. The Morgan fingerprint density at radius 1 is 1.18 bits per heavy atom. The minimum Gasteiger partial charge on any atom is -0.472 e. The third kappa shape index (κ3) is 6.41. The third-order valence-electron chi connectivity index (χ3n) is 6.62. The van der Waals surface area contributed by atoms with Crippen molar-refractivity contribution in [2.75, 3.05) is 26.7 Å². The number of ether oxygens (including phenoxy) is 1. The number of aliphatic hydroxyl groups excluding tert-OH is 1. The van der Waals surface area contributed by atoms with Crippen molar-refractivity contribution in [3.8, 4) is 17.7 Å². The maximum absolute atomic E-state index is 14.2. The third-order valence-corrected chi connectivity index (χ3v) is 6.62. The van der Waals surface area contributed by atoms with Gasteiger partial charge in [-0.05, 0) is 49.4 Å². The number of fused-ring (bicyclic) bond motifs is 1. The van der Waals surface area contributed by atoms with E-state index in [9.17, 15) is 23.5 Å². The first-order valence-electron chi connectivity index (χ1n) is 12.5. The summed E-state index contributed by atoms with van der Waals surface area (Å²) in [5.74, 6) is 3.82. The first-order valence-corrected chi connectivity index (χ1v) is 12.5. The molecular weight excluding hydrogens is 504 g/mol. The highest BCUT2D eigenvalue weighted by atomic mass is 19.1. The van der Waals surface area contributed by atoms with E-state index in [-0.39, 0.29) is 54.3 Å². The van der Waals surface area contributed by atoms with Gasteiger partial charge in [-0.15, -0.1) is 0 Å². The Balaban J connectivity index is 1.65. The standard InChI is InChI=1S/C30H29F2N3O4/c1-19-16-35(20(2)18-36)30(38)25-14-22(9-8-21-10-12-23(31)13-11-21)15-33-28(25)39-27(19)17-34(3)29(37)24-6-4-5-7-26(24)32/h4-7,10-15,19-20,27,36H,16-18H2,1-3H3/t19-,20+,27-/m1/s1. The Bertz CT molecular complexity index is 1420.